The molecule has 0 heterocycles. The van der Waals surface area contributed by atoms with Crippen LogP contribution < -0.4 is 4.74 Å². The second kappa shape index (κ2) is 10.6. The molecule has 3 aromatic rings. The van der Waals surface area contributed by atoms with E-state index in [1.54, 1.807) is 42.5 Å². The van der Waals surface area contributed by atoms with Gasteiger partial charge in [-0.25, -0.2) is 13.2 Å². The summed E-state index contributed by atoms with van der Waals surface area (Å²) in [5.74, 6) is -3.32. The van der Waals surface area contributed by atoms with Gasteiger partial charge in [-0.05, 0) is 78.7 Å². The van der Waals surface area contributed by atoms with E-state index in [0.717, 1.165) is 32.1 Å². The van der Waals surface area contributed by atoms with Crippen LogP contribution in [0.3, 0.4) is 0 Å². The number of hydrogen-bond donors (Lipinski definition) is 1. The molecule has 180 valence electrons. The highest BCUT2D eigenvalue weighted by Crippen LogP contribution is 2.40. The number of aliphatic hydroxyl groups excluding tert-OH is 1. The van der Waals surface area contributed by atoms with E-state index >= 15 is 0 Å². The molecule has 4 rings (SSSR count). The Morgan fingerprint density at radius 3 is 2.15 bits per heavy atom. The second-order valence-corrected chi connectivity index (χ2v) is 9.00. The first-order valence-electron chi connectivity index (χ1n) is 11.6. The summed E-state index contributed by atoms with van der Waals surface area (Å²) in [6, 6.07) is 13.0. The van der Waals surface area contributed by atoms with E-state index in [2.05, 4.69) is 0 Å². The summed E-state index contributed by atoms with van der Waals surface area (Å²) in [5, 5.41) is 9.16. The molecule has 0 atom stereocenters. The zero-order valence-corrected chi connectivity index (χ0v) is 19.1. The van der Waals surface area contributed by atoms with Crippen LogP contribution in [0.4, 0.5) is 17.6 Å². The number of ether oxygens (including phenoxy) is 1. The molecule has 0 aliphatic heterocycles. The molecule has 1 aliphatic carbocycles. The molecule has 1 fully saturated rings. The minimum atomic E-state index is -0.964. The van der Waals surface area contributed by atoms with Crippen molar-refractivity contribution in [3.8, 4) is 16.9 Å². The van der Waals surface area contributed by atoms with Crippen LogP contribution in [-0.4, -0.2) is 12.2 Å². The van der Waals surface area contributed by atoms with Gasteiger partial charge in [-0.15, -0.1) is 0 Å². The van der Waals surface area contributed by atoms with Crippen LogP contribution in [0.1, 0.15) is 54.7 Å². The molecule has 0 bridgehead atoms. The molecule has 34 heavy (non-hydrogen) atoms. The van der Waals surface area contributed by atoms with Crippen molar-refractivity contribution in [2.24, 2.45) is 5.92 Å². The van der Waals surface area contributed by atoms with Gasteiger partial charge in [0.1, 0.15) is 0 Å². The van der Waals surface area contributed by atoms with Crippen LogP contribution in [0.5, 0.6) is 5.75 Å². The molecule has 0 amide bonds. The van der Waals surface area contributed by atoms with Gasteiger partial charge in [0.15, 0.2) is 23.2 Å². The van der Waals surface area contributed by atoms with Gasteiger partial charge >= 0.3 is 0 Å². The van der Waals surface area contributed by atoms with E-state index in [4.69, 9.17) is 9.84 Å². The quantitative estimate of drug-likeness (QED) is 0.365. The Morgan fingerprint density at radius 2 is 1.50 bits per heavy atom. The predicted octanol–water partition coefficient (Wildman–Crippen LogP) is 7.32. The fraction of sp³-hybridized carbons (Fsp3) is 0.357. The highest BCUT2D eigenvalue weighted by Gasteiger charge is 2.27. The summed E-state index contributed by atoms with van der Waals surface area (Å²) in [7, 11) is 1.30. The van der Waals surface area contributed by atoms with Gasteiger partial charge in [0.2, 0.25) is 5.82 Å². The van der Waals surface area contributed by atoms with E-state index < -0.39 is 23.3 Å². The third-order valence-corrected chi connectivity index (χ3v) is 7.01. The van der Waals surface area contributed by atoms with Crippen LogP contribution in [-0.2, 0) is 13.0 Å². The van der Waals surface area contributed by atoms with Crippen molar-refractivity contribution in [3.63, 3.8) is 0 Å². The molecule has 1 aliphatic rings. The van der Waals surface area contributed by atoms with Crippen LogP contribution in [0.25, 0.3) is 11.1 Å². The first-order valence-corrected chi connectivity index (χ1v) is 11.6. The first kappa shape index (κ1) is 24.3. The number of methoxy groups -OCH3 is 1. The van der Waals surface area contributed by atoms with E-state index in [1.165, 1.54) is 13.2 Å². The Labute approximate surface area is 197 Å². The van der Waals surface area contributed by atoms with Gasteiger partial charge in [0, 0.05) is 5.56 Å². The lowest BCUT2D eigenvalue weighted by atomic mass is 9.76. The molecule has 0 unspecified atom stereocenters. The minimum Gasteiger partial charge on any atom is -0.494 e. The highest BCUT2D eigenvalue weighted by atomic mass is 19.2. The van der Waals surface area contributed by atoms with E-state index in [1.807, 2.05) is 0 Å². The lowest BCUT2D eigenvalue weighted by molar-refractivity contribution is 0.282. The Bertz CT molecular complexity index is 1140. The molecule has 0 radical (unpaired) electrons. The van der Waals surface area contributed by atoms with Gasteiger partial charge in [-0.3, -0.25) is 0 Å². The fourth-order valence-electron chi connectivity index (χ4n) is 4.94. The Hall–Kier alpha value is -2.86. The molecular formula is C28H28F4O2. The van der Waals surface area contributed by atoms with Crippen molar-refractivity contribution in [2.45, 2.75) is 51.0 Å². The molecule has 0 aromatic heterocycles. The minimum absolute atomic E-state index is 0.0632. The van der Waals surface area contributed by atoms with Crippen molar-refractivity contribution in [2.75, 3.05) is 7.11 Å². The Morgan fingerprint density at radius 1 is 0.794 bits per heavy atom. The number of aliphatic hydroxyl groups is 1. The molecule has 0 saturated heterocycles. The maximum atomic E-state index is 15.0. The van der Waals surface area contributed by atoms with Gasteiger partial charge in [-0.1, -0.05) is 42.5 Å². The molecule has 3 aromatic carbocycles. The van der Waals surface area contributed by atoms with Gasteiger partial charge in [0.25, 0.3) is 0 Å². The van der Waals surface area contributed by atoms with Gasteiger partial charge in [0.05, 0.1) is 13.7 Å². The molecule has 1 saturated carbocycles. The summed E-state index contributed by atoms with van der Waals surface area (Å²) in [6.07, 6.45) is 4.26. The highest BCUT2D eigenvalue weighted by molar-refractivity contribution is 5.65. The summed E-state index contributed by atoms with van der Waals surface area (Å²) < 4.78 is 62.8. The molecule has 2 nitrogen and oxygen atoms in total. The largest absolute Gasteiger partial charge is 0.494 e. The average Bonchev–Trinajstić information content (AvgIpc) is 2.87. The SMILES string of the molecule is COc1ccc(CCC2CCC(c3ccc(-c4ccc(CO)cc4)c(F)c3F)CC2)c(F)c1F. The van der Waals surface area contributed by atoms with Crippen molar-refractivity contribution in [3.05, 3.63) is 88.5 Å². The van der Waals surface area contributed by atoms with Crippen LogP contribution in [0.2, 0.25) is 0 Å². The summed E-state index contributed by atoms with van der Waals surface area (Å²) in [6.45, 7) is -0.106. The first-order chi connectivity index (χ1) is 16.4. The number of hydrogen-bond acceptors (Lipinski definition) is 2. The summed E-state index contributed by atoms with van der Waals surface area (Å²) >= 11 is 0. The van der Waals surface area contributed by atoms with Gasteiger partial charge < -0.3 is 9.84 Å². The standard InChI is InChI=1S/C28H28F4O2/c1-34-24-15-12-21(25(29)28(24)32)11-4-17-2-7-19(8-3-17)22-13-14-23(27(31)26(22)30)20-9-5-18(16-33)6-10-20/h5-6,9-10,12-15,17,19,33H,2-4,7-8,11,16H2,1H3. The van der Waals surface area contributed by atoms with Crippen molar-refractivity contribution in [1.29, 1.82) is 0 Å². The maximum absolute atomic E-state index is 15.0. The summed E-state index contributed by atoms with van der Waals surface area (Å²) in [5.41, 5.74) is 2.20. The smallest absolute Gasteiger partial charge is 0.200 e. The van der Waals surface area contributed by atoms with Crippen molar-refractivity contribution < 1.29 is 27.4 Å². The van der Waals surface area contributed by atoms with E-state index in [9.17, 15) is 17.6 Å². The lowest BCUT2D eigenvalue weighted by Gasteiger charge is -2.29. The average molecular weight is 473 g/mol. The second-order valence-electron chi connectivity index (χ2n) is 9.00. The topological polar surface area (TPSA) is 29.5 Å². The van der Waals surface area contributed by atoms with Crippen molar-refractivity contribution >= 4 is 0 Å². The Kier molecular flexibility index (Phi) is 7.57. The normalized spacial score (nSPS) is 18.2. The summed E-state index contributed by atoms with van der Waals surface area (Å²) in [4.78, 5) is 0. The number of benzene rings is 3. The van der Waals surface area contributed by atoms with Crippen LogP contribution in [0.15, 0.2) is 48.5 Å². The number of halogens is 4. The fourth-order valence-corrected chi connectivity index (χ4v) is 4.94. The predicted molar refractivity (Wildman–Crippen MR) is 124 cm³/mol. The maximum Gasteiger partial charge on any atom is 0.200 e. The van der Waals surface area contributed by atoms with Crippen molar-refractivity contribution in [1.82, 2.24) is 0 Å². The molecular weight excluding hydrogens is 444 g/mol. The number of rotatable bonds is 7. The monoisotopic (exact) mass is 472 g/mol. The van der Waals surface area contributed by atoms with Crippen LogP contribution in [0, 0.1) is 29.2 Å². The third-order valence-electron chi connectivity index (χ3n) is 7.01. The van der Waals surface area contributed by atoms with Crippen LogP contribution >= 0.6 is 0 Å². The number of aryl methyl sites for hydroxylation is 1. The molecule has 6 heteroatoms. The third kappa shape index (κ3) is 4.97. The lowest BCUT2D eigenvalue weighted by Crippen LogP contribution is -2.16. The molecule has 1 N–H and O–H groups in total. The van der Waals surface area contributed by atoms with E-state index in [0.29, 0.717) is 34.6 Å². The Balaban J connectivity index is 1.38. The zero-order valence-electron chi connectivity index (χ0n) is 19.1. The van der Waals surface area contributed by atoms with E-state index in [-0.39, 0.29) is 23.8 Å². The molecule has 0 spiro atoms. The van der Waals surface area contributed by atoms with Gasteiger partial charge in [-0.2, -0.15) is 4.39 Å². The zero-order chi connectivity index (χ0) is 24.2.